The Balaban J connectivity index is 2.05. The number of rotatable bonds is 6. The van der Waals surface area contributed by atoms with Crippen molar-refractivity contribution >= 4 is 5.97 Å². The Morgan fingerprint density at radius 3 is 2.70 bits per heavy atom. The summed E-state index contributed by atoms with van der Waals surface area (Å²) in [4.78, 5) is 17.6. The van der Waals surface area contributed by atoms with E-state index in [1.54, 1.807) is 6.07 Å². The number of phenols is 1. The molecule has 122 valence electrons. The monoisotopic (exact) mass is 314 g/mol. The first-order chi connectivity index (χ1) is 10.9. The van der Waals surface area contributed by atoms with E-state index >= 15 is 0 Å². The topological polar surface area (TPSA) is 73.7 Å². The van der Waals surface area contributed by atoms with E-state index in [1.165, 1.54) is 17.7 Å². The molecule has 2 aromatic rings. The van der Waals surface area contributed by atoms with Crippen molar-refractivity contribution in [2.75, 3.05) is 7.05 Å². The lowest BCUT2D eigenvalue weighted by Crippen LogP contribution is -2.30. The Morgan fingerprint density at radius 1 is 1.30 bits per heavy atom. The highest BCUT2D eigenvalue weighted by Gasteiger charge is 2.14. The Morgan fingerprint density at radius 2 is 2.04 bits per heavy atom. The van der Waals surface area contributed by atoms with E-state index in [1.807, 2.05) is 26.2 Å². The number of aromatic hydroxyl groups is 1. The third kappa shape index (κ3) is 4.53. The zero-order valence-electron chi connectivity index (χ0n) is 13.7. The fourth-order valence-corrected chi connectivity index (χ4v) is 2.47. The van der Waals surface area contributed by atoms with Gasteiger partial charge in [0, 0.05) is 30.9 Å². The molecule has 2 N–H and O–H groups in total. The SMILES string of the molecule is Cc1ccnc(C[C@@H](C)N(C)Cc2ccc(O)c(C(=O)O)c2)c1. The average Bonchev–Trinajstić information content (AvgIpc) is 2.48. The molecule has 0 saturated carbocycles. The summed E-state index contributed by atoms with van der Waals surface area (Å²) in [6, 6.07) is 9.00. The van der Waals surface area contributed by atoms with Gasteiger partial charge in [0.25, 0.3) is 0 Å². The first-order valence-electron chi connectivity index (χ1n) is 7.53. The van der Waals surface area contributed by atoms with Crippen LogP contribution in [0.25, 0.3) is 0 Å². The maximum atomic E-state index is 11.1. The first-order valence-corrected chi connectivity index (χ1v) is 7.53. The van der Waals surface area contributed by atoms with Crippen LogP contribution in [-0.4, -0.2) is 39.2 Å². The Bertz CT molecular complexity index is 700. The largest absolute Gasteiger partial charge is 0.507 e. The van der Waals surface area contributed by atoms with Gasteiger partial charge in [-0.25, -0.2) is 4.79 Å². The molecule has 0 saturated heterocycles. The van der Waals surface area contributed by atoms with E-state index < -0.39 is 5.97 Å². The van der Waals surface area contributed by atoms with Crippen LogP contribution in [0.4, 0.5) is 0 Å². The van der Waals surface area contributed by atoms with Crippen molar-refractivity contribution in [3.8, 4) is 5.75 Å². The molecular formula is C18H22N2O3. The van der Waals surface area contributed by atoms with E-state index in [2.05, 4.69) is 22.9 Å². The normalized spacial score (nSPS) is 12.3. The van der Waals surface area contributed by atoms with E-state index in [0.29, 0.717) is 6.54 Å². The zero-order valence-corrected chi connectivity index (χ0v) is 13.7. The first kappa shape index (κ1) is 17.0. The summed E-state index contributed by atoms with van der Waals surface area (Å²) >= 11 is 0. The van der Waals surface area contributed by atoms with Gasteiger partial charge in [-0.05, 0) is 56.3 Å². The van der Waals surface area contributed by atoms with E-state index in [4.69, 9.17) is 5.11 Å². The van der Waals surface area contributed by atoms with Gasteiger partial charge in [0.2, 0.25) is 0 Å². The Labute approximate surface area is 136 Å². The highest BCUT2D eigenvalue weighted by atomic mass is 16.4. The van der Waals surface area contributed by atoms with Crippen molar-refractivity contribution in [3.05, 3.63) is 58.9 Å². The van der Waals surface area contributed by atoms with Gasteiger partial charge in [0.05, 0.1) is 0 Å². The second-order valence-electron chi connectivity index (χ2n) is 5.95. The van der Waals surface area contributed by atoms with Crippen LogP contribution >= 0.6 is 0 Å². The minimum atomic E-state index is -1.12. The molecule has 5 heteroatoms. The second kappa shape index (κ2) is 7.24. The molecule has 23 heavy (non-hydrogen) atoms. The predicted octanol–water partition coefficient (Wildman–Crippen LogP) is 2.86. The minimum Gasteiger partial charge on any atom is -0.507 e. The molecule has 0 spiro atoms. The molecule has 0 fully saturated rings. The lowest BCUT2D eigenvalue weighted by molar-refractivity contribution is 0.0693. The molecular weight excluding hydrogens is 292 g/mol. The van der Waals surface area contributed by atoms with Gasteiger partial charge < -0.3 is 10.2 Å². The van der Waals surface area contributed by atoms with Crippen molar-refractivity contribution in [2.24, 2.45) is 0 Å². The lowest BCUT2D eigenvalue weighted by atomic mass is 10.1. The van der Waals surface area contributed by atoms with Crippen LogP contribution in [0.15, 0.2) is 36.5 Å². The smallest absolute Gasteiger partial charge is 0.339 e. The number of hydrogen-bond acceptors (Lipinski definition) is 4. The van der Waals surface area contributed by atoms with E-state index in [0.717, 1.165) is 17.7 Å². The van der Waals surface area contributed by atoms with Gasteiger partial charge in [-0.2, -0.15) is 0 Å². The summed E-state index contributed by atoms with van der Waals surface area (Å²) in [5, 5.41) is 18.6. The molecule has 0 aliphatic rings. The highest BCUT2D eigenvalue weighted by molar-refractivity contribution is 5.90. The van der Waals surface area contributed by atoms with Crippen molar-refractivity contribution in [3.63, 3.8) is 0 Å². The molecule has 0 radical (unpaired) electrons. The van der Waals surface area contributed by atoms with Crippen LogP contribution in [0.1, 0.15) is 34.1 Å². The molecule has 1 aromatic heterocycles. The molecule has 0 aliphatic heterocycles. The number of hydrogen-bond donors (Lipinski definition) is 2. The number of nitrogens with zero attached hydrogens (tertiary/aromatic N) is 2. The summed E-state index contributed by atoms with van der Waals surface area (Å²) in [6.07, 6.45) is 2.64. The fraction of sp³-hybridized carbons (Fsp3) is 0.333. The number of carboxylic acid groups (broad SMARTS) is 1. The maximum Gasteiger partial charge on any atom is 0.339 e. The average molecular weight is 314 g/mol. The van der Waals surface area contributed by atoms with Crippen molar-refractivity contribution < 1.29 is 15.0 Å². The summed E-state index contributed by atoms with van der Waals surface area (Å²) in [7, 11) is 1.99. The van der Waals surface area contributed by atoms with Gasteiger partial charge in [-0.3, -0.25) is 9.88 Å². The second-order valence-corrected chi connectivity index (χ2v) is 5.95. The quantitative estimate of drug-likeness (QED) is 0.857. The van der Waals surface area contributed by atoms with Crippen molar-refractivity contribution in [2.45, 2.75) is 32.9 Å². The lowest BCUT2D eigenvalue weighted by Gasteiger charge is -2.24. The standard InChI is InChI=1S/C18H22N2O3/c1-12-6-7-19-15(8-12)9-13(2)20(3)11-14-4-5-17(21)16(10-14)18(22)23/h4-8,10,13,21H,9,11H2,1-3H3,(H,22,23)/t13-/m1/s1. The molecule has 2 rings (SSSR count). The number of carbonyl (C=O) groups is 1. The number of aromatic carboxylic acids is 1. The third-order valence-electron chi connectivity index (χ3n) is 3.95. The number of likely N-dealkylation sites (N-methyl/N-ethyl adjacent to an activating group) is 1. The van der Waals surface area contributed by atoms with Gasteiger partial charge in [-0.1, -0.05) is 6.07 Å². The molecule has 0 aliphatic carbocycles. The van der Waals surface area contributed by atoms with Gasteiger partial charge in [0.15, 0.2) is 0 Å². The van der Waals surface area contributed by atoms with Crippen LogP contribution < -0.4 is 0 Å². The molecule has 0 amide bonds. The summed E-state index contributed by atoms with van der Waals surface area (Å²) in [5.41, 5.74) is 3.02. The molecule has 5 nitrogen and oxygen atoms in total. The third-order valence-corrected chi connectivity index (χ3v) is 3.95. The molecule has 1 heterocycles. The number of carboxylic acids is 1. The summed E-state index contributed by atoms with van der Waals surface area (Å²) in [6.45, 7) is 4.76. The molecule has 1 atom stereocenters. The Kier molecular flexibility index (Phi) is 5.34. The van der Waals surface area contributed by atoms with Crippen LogP contribution in [0.2, 0.25) is 0 Å². The number of aromatic nitrogens is 1. The minimum absolute atomic E-state index is 0.0658. The summed E-state index contributed by atoms with van der Waals surface area (Å²) in [5.74, 6) is -1.33. The van der Waals surface area contributed by atoms with E-state index in [9.17, 15) is 9.90 Å². The highest BCUT2D eigenvalue weighted by Crippen LogP contribution is 2.20. The van der Waals surface area contributed by atoms with E-state index in [-0.39, 0.29) is 17.4 Å². The molecule has 0 bridgehead atoms. The summed E-state index contributed by atoms with van der Waals surface area (Å²) < 4.78 is 0. The predicted molar refractivity (Wildman–Crippen MR) is 88.7 cm³/mol. The number of benzene rings is 1. The zero-order chi connectivity index (χ0) is 17.0. The van der Waals surface area contributed by atoms with Crippen LogP contribution in [-0.2, 0) is 13.0 Å². The van der Waals surface area contributed by atoms with Crippen LogP contribution in [0.5, 0.6) is 5.75 Å². The van der Waals surface area contributed by atoms with Gasteiger partial charge in [-0.15, -0.1) is 0 Å². The Hall–Kier alpha value is -2.40. The number of aryl methyl sites for hydroxylation is 1. The fourth-order valence-electron chi connectivity index (χ4n) is 2.47. The molecule has 1 aromatic carbocycles. The van der Waals surface area contributed by atoms with Crippen molar-refractivity contribution in [1.82, 2.24) is 9.88 Å². The van der Waals surface area contributed by atoms with Crippen LogP contribution in [0, 0.1) is 6.92 Å². The number of pyridine rings is 1. The maximum absolute atomic E-state index is 11.1. The van der Waals surface area contributed by atoms with Crippen LogP contribution in [0.3, 0.4) is 0 Å². The molecule has 0 unspecified atom stereocenters. The van der Waals surface area contributed by atoms with Crippen molar-refractivity contribution in [1.29, 1.82) is 0 Å². The van der Waals surface area contributed by atoms with Gasteiger partial charge >= 0.3 is 5.97 Å². The van der Waals surface area contributed by atoms with Gasteiger partial charge in [0.1, 0.15) is 11.3 Å².